The molecule has 0 aliphatic heterocycles. The number of imidazole rings is 1. The van der Waals surface area contributed by atoms with Crippen LogP contribution in [0.5, 0.6) is 11.5 Å². The van der Waals surface area contributed by atoms with Crippen molar-refractivity contribution in [3.63, 3.8) is 0 Å². The van der Waals surface area contributed by atoms with E-state index >= 15 is 0 Å². The van der Waals surface area contributed by atoms with Gasteiger partial charge < -0.3 is 20.4 Å². The molecule has 0 atom stereocenters. The SMILES string of the molecule is CNC(=O)c1cc(Oc2ccc3[nH]c(Nc4ccccc4C(F)(F)F)nc3c2)ccn1. The van der Waals surface area contributed by atoms with Crippen LogP contribution in [0.15, 0.2) is 60.8 Å². The van der Waals surface area contributed by atoms with Crippen molar-refractivity contribution in [2.24, 2.45) is 0 Å². The second kappa shape index (κ2) is 7.98. The summed E-state index contributed by atoms with van der Waals surface area (Å²) in [5.41, 5.74) is 0.411. The maximum Gasteiger partial charge on any atom is 0.418 e. The average molecular weight is 427 g/mol. The Hall–Kier alpha value is -4.08. The lowest BCUT2D eigenvalue weighted by Crippen LogP contribution is -2.18. The lowest BCUT2D eigenvalue weighted by atomic mass is 10.1. The standard InChI is InChI=1S/C21H16F3N5O2/c1-25-19(30)18-11-13(8-9-26-18)31-12-6-7-16-17(10-12)29-20(28-16)27-15-5-3-2-4-14(15)21(22,23)24/h2-11H,1H3,(H,25,30)(H2,27,28,29). The summed E-state index contributed by atoms with van der Waals surface area (Å²) in [5, 5.41) is 5.17. The third-order valence-electron chi connectivity index (χ3n) is 4.37. The van der Waals surface area contributed by atoms with Gasteiger partial charge in [0.25, 0.3) is 5.91 Å². The highest BCUT2D eigenvalue weighted by Gasteiger charge is 2.33. The number of nitrogens with one attached hydrogen (secondary N) is 3. The van der Waals surface area contributed by atoms with E-state index < -0.39 is 11.7 Å². The summed E-state index contributed by atoms with van der Waals surface area (Å²) in [5.74, 6) is 0.661. The predicted molar refractivity (Wildman–Crippen MR) is 109 cm³/mol. The molecule has 0 radical (unpaired) electrons. The van der Waals surface area contributed by atoms with Crippen LogP contribution in [0, 0.1) is 0 Å². The summed E-state index contributed by atoms with van der Waals surface area (Å²) in [6, 6.07) is 13.3. The zero-order chi connectivity index (χ0) is 22.0. The highest BCUT2D eigenvalue weighted by molar-refractivity contribution is 5.92. The first-order valence-corrected chi connectivity index (χ1v) is 9.12. The Morgan fingerprint density at radius 2 is 1.84 bits per heavy atom. The summed E-state index contributed by atoms with van der Waals surface area (Å²) in [6.07, 6.45) is -3.04. The quantitative estimate of drug-likeness (QED) is 0.423. The molecule has 0 unspecified atom stereocenters. The smallest absolute Gasteiger partial charge is 0.418 e. The van der Waals surface area contributed by atoms with Crippen LogP contribution < -0.4 is 15.4 Å². The monoisotopic (exact) mass is 427 g/mol. The Labute approximate surface area is 174 Å². The molecule has 0 saturated carbocycles. The van der Waals surface area contributed by atoms with E-state index in [0.29, 0.717) is 22.5 Å². The van der Waals surface area contributed by atoms with E-state index in [9.17, 15) is 18.0 Å². The highest BCUT2D eigenvalue weighted by atomic mass is 19.4. The van der Waals surface area contributed by atoms with Gasteiger partial charge in [0.15, 0.2) is 0 Å². The van der Waals surface area contributed by atoms with Crippen molar-refractivity contribution in [1.82, 2.24) is 20.3 Å². The molecule has 4 rings (SSSR count). The largest absolute Gasteiger partial charge is 0.457 e. The van der Waals surface area contributed by atoms with Crippen LogP contribution >= 0.6 is 0 Å². The first-order valence-electron chi connectivity index (χ1n) is 9.12. The number of anilines is 2. The predicted octanol–water partition coefficient (Wildman–Crippen LogP) is 4.87. The van der Waals surface area contributed by atoms with Crippen molar-refractivity contribution in [2.45, 2.75) is 6.18 Å². The van der Waals surface area contributed by atoms with Crippen molar-refractivity contribution in [3.8, 4) is 11.5 Å². The number of fused-ring (bicyclic) bond motifs is 1. The molecule has 0 saturated heterocycles. The van der Waals surface area contributed by atoms with Crippen molar-refractivity contribution in [1.29, 1.82) is 0 Å². The number of hydrogen-bond donors (Lipinski definition) is 3. The van der Waals surface area contributed by atoms with Crippen LogP contribution in [0.25, 0.3) is 11.0 Å². The molecule has 2 aromatic heterocycles. The molecule has 2 heterocycles. The van der Waals surface area contributed by atoms with Crippen LogP contribution in [0.1, 0.15) is 16.1 Å². The number of H-pyrrole nitrogens is 1. The van der Waals surface area contributed by atoms with Gasteiger partial charge in [-0.2, -0.15) is 13.2 Å². The first-order chi connectivity index (χ1) is 14.8. The lowest BCUT2D eigenvalue weighted by molar-refractivity contribution is -0.136. The number of amides is 1. The van der Waals surface area contributed by atoms with Crippen LogP contribution in [0.2, 0.25) is 0 Å². The maximum atomic E-state index is 13.2. The summed E-state index contributed by atoms with van der Waals surface area (Å²) in [4.78, 5) is 22.9. The van der Waals surface area contributed by atoms with Gasteiger partial charge in [0.05, 0.1) is 22.3 Å². The molecule has 0 fully saturated rings. The van der Waals surface area contributed by atoms with Crippen molar-refractivity contribution >= 4 is 28.6 Å². The zero-order valence-electron chi connectivity index (χ0n) is 16.1. The molecule has 1 amide bonds. The molecule has 3 N–H and O–H groups in total. The van der Waals surface area contributed by atoms with Gasteiger partial charge in [0, 0.05) is 25.4 Å². The summed E-state index contributed by atoms with van der Waals surface area (Å²) in [7, 11) is 1.50. The number of aromatic nitrogens is 3. The number of carbonyl (C=O) groups is 1. The number of hydrogen-bond acceptors (Lipinski definition) is 5. The number of rotatable bonds is 5. The van der Waals surface area contributed by atoms with Crippen molar-refractivity contribution < 1.29 is 22.7 Å². The number of halogens is 3. The van der Waals surface area contributed by atoms with Gasteiger partial charge in [-0.05, 0) is 30.3 Å². The first kappa shape index (κ1) is 20.2. The Morgan fingerprint density at radius 3 is 2.61 bits per heavy atom. The summed E-state index contributed by atoms with van der Waals surface area (Å²) in [6.45, 7) is 0. The molecule has 2 aromatic carbocycles. The van der Waals surface area contributed by atoms with E-state index in [2.05, 4.69) is 25.6 Å². The number of aromatic amines is 1. The third-order valence-corrected chi connectivity index (χ3v) is 4.37. The molecule has 7 nitrogen and oxygen atoms in total. The molecule has 10 heteroatoms. The van der Waals surface area contributed by atoms with Gasteiger partial charge in [-0.1, -0.05) is 12.1 Å². The van der Waals surface area contributed by atoms with Crippen molar-refractivity contribution in [2.75, 3.05) is 12.4 Å². The van der Waals surface area contributed by atoms with Gasteiger partial charge in [0.1, 0.15) is 17.2 Å². The normalized spacial score (nSPS) is 11.4. The molecule has 158 valence electrons. The number of ether oxygens (including phenoxy) is 1. The number of para-hydroxylation sites is 1. The Bertz CT molecular complexity index is 1250. The third kappa shape index (κ3) is 4.42. The number of carbonyl (C=O) groups excluding carboxylic acids is 1. The molecule has 0 aliphatic carbocycles. The molecular weight excluding hydrogens is 411 g/mol. The fourth-order valence-electron chi connectivity index (χ4n) is 2.94. The van der Waals surface area contributed by atoms with E-state index in [1.54, 1.807) is 24.3 Å². The minimum absolute atomic E-state index is 0.107. The second-order valence-corrected chi connectivity index (χ2v) is 6.49. The van der Waals surface area contributed by atoms with Crippen molar-refractivity contribution in [3.05, 3.63) is 72.1 Å². The Balaban J connectivity index is 1.58. The van der Waals surface area contributed by atoms with Crippen LogP contribution in [0.3, 0.4) is 0 Å². The minimum Gasteiger partial charge on any atom is -0.457 e. The van der Waals surface area contributed by atoms with E-state index in [1.165, 1.54) is 37.5 Å². The minimum atomic E-state index is -4.49. The molecule has 31 heavy (non-hydrogen) atoms. The van der Waals surface area contributed by atoms with Crippen LogP contribution in [-0.4, -0.2) is 27.9 Å². The van der Waals surface area contributed by atoms with E-state index in [1.807, 2.05) is 0 Å². The number of pyridine rings is 1. The number of benzene rings is 2. The molecule has 0 bridgehead atoms. The Morgan fingerprint density at radius 1 is 1.06 bits per heavy atom. The topological polar surface area (TPSA) is 91.9 Å². The molecule has 0 spiro atoms. The lowest BCUT2D eigenvalue weighted by Gasteiger charge is -2.12. The van der Waals surface area contributed by atoms with E-state index in [4.69, 9.17) is 4.74 Å². The summed E-state index contributed by atoms with van der Waals surface area (Å²) < 4.78 is 45.4. The number of alkyl halides is 3. The van der Waals surface area contributed by atoms with Gasteiger partial charge in [0.2, 0.25) is 5.95 Å². The maximum absolute atomic E-state index is 13.2. The average Bonchev–Trinajstić information content (AvgIpc) is 3.14. The summed E-state index contributed by atoms with van der Waals surface area (Å²) >= 11 is 0. The zero-order valence-corrected chi connectivity index (χ0v) is 16.1. The van der Waals surface area contributed by atoms with Crippen LogP contribution in [-0.2, 0) is 6.18 Å². The molecule has 4 aromatic rings. The van der Waals surface area contributed by atoms with Gasteiger partial charge in [-0.15, -0.1) is 0 Å². The van der Waals surface area contributed by atoms with E-state index in [-0.39, 0.29) is 23.2 Å². The van der Waals surface area contributed by atoms with Gasteiger partial charge in [-0.3, -0.25) is 9.78 Å². The van der Waals surface area contributed by atoms with Crippen LogP contribution in [0.4, 0.5) is 24.8 Å². The van der Waals surface area contributed by atoms with E-state index in [0.717, 1.165) is 6.07 Å². The second-order valence-electron chi connectivity index (χ2n) is 6.49. The van der Waals surface area contributed by atoms with Gasteiger partial charge in [-0.25, -0.2) is 4.98 Å². The number of nitrogens with zero attached hydrogens (tertiary/aromatic N) is 2. The molecular formula is C21H16F3N5O2. The fourth-order valence-corrected chi connectivity index (χ4v) is 2.94. The highest BCUT2D eigenvalue weighted by Crippen LogP contribution is 2.36. The fraction of sp³-hybridized carbons (Fsp3) is 0.0952. The Kier molecular flexibility index (Phi) is 5.20. The van der Waals surface area contributed by atoms with Gasteiger partial charge >= 0.3 is 6.18 Å². The molecule has 0 aliphatic rings.